The molecule has 176 valence electrons. The van der Waals surface area contributed by atoms with Crippen LogP contribution in [-0.4, -0.2) is 19.9 Å². The number of hydrogen-bond donors (Lipinski definition) is 0. The van der Waals surface area contributed by atoms with E-state index in [9.17, 15) is 13.2 Å². The number of para-hydroxylation sites is 1. The highest BCUT2D eigenvalue weighted by Crippen LogP contribution is 2.46. The number of methoxy groups -OCH3 is 2. The van der Waals surface area contributed by atoms with Crippen LogP contribution in [0.15, 0.2) is 77.9 Å². The molecular formula is C26H22ClF3N2O2. The molecule has 1 aliphatic rings. The average Bonchev–Trinajstić information content (AvgIpc) is 3.26. The summed E-state index contributed by atoms with van der Waals surface area (Å²) in [7, 11) is 3.15. The van der Waals surface area contributed by atoms with Gasteiger partial charge in [0, 0.05) is 6.42 Å². The number of alkyl halides is 3. The second-order valence-electron chi connectivity index (χ2n) is 7.67. The normalized spacial score (nSPS) is 16.1. The molecule has 0 spiro atoms. The monoisotopic (exact) mass is 486 g/mol. The number of benzene rings is 3. The third-order valence-corrected chi connectivity index (χ3v) is 5.84. The minimum atomic E-state index is -4.58. The average molecular weight is 487 g/mol. The van der Waals surface area contributed by atoms with E-state index in [0.29, 0.717) is 17.9 Å². The second-order valence-corrected chi connectivity index (χ2v) is 8.08. The third-order valence-electron chi connectivity index (χ3n) is 5.54. The highest BCUT2D eigenvalue weighted by Gasteiger charge is 2.39. The van der Waals surface area contributed by atoms with Crippen LogP contribution in [0, 0.1) is 0 Å². The lowest BCUT2D eigenvalue weighted by molar-refractivity contribution is -0.137. The summed E-state index contributed by atoms with van der Waals surface area (Å²) in [5, 5.41) is 5.92. The van der Waals surface area contributed by atoms with E-state index in [-0.39, 0.29) is 10.7 Å². The minimum absolute atomic E-state index is 0.0162. The van der Waals surface area contributed by atoms with Gasteiger partial charge in [-0.15, -0.1) is 0 Å². The molecule has 1 aliphatic heterocycles. The van der Waals surface area contributed by atoms with Crippen molar-refractivity contribution in [2.45, 2.75) is 18.6 Å². The molecule has 0 saturated heterocycles. The number of rotatable bonds is 6. The van der Waals surface area contributed by atoms with Crippen LogP contribution in [0.25, 0.3) is 6.08 Å². The molecule has 1 atom stereocenters. The van der Waals surface area contributed by atoms with Crippen molar-refractivity contribution in [3.05, 3.63) is 94.5 Å². The fraction of sp³-hybridized carbons (Fsp3) is 0.192. The van der Waals surface area contributed by atoms with Gasteiger partial charge in [0.1, 0.15) is 11.5 Å². The van der Waals surface area contributed by atoms with Crippen LogP contribution >= 0.6 is 11.6 Å². The van der Waals surface area contributed by atoms with Crippen molar-refractivity contribution in [3.63, 3.8) is 0 Å². The Bertz CT molecular complexity index is 1210. The zero-order valence-corrected chi connectivity index (χ0v) is 19.3. The first-order valence-electron chi connectivity index (χ1n) is 10.5. The highest BCUT2D eigenvalue weighted by atomic mass is 35.5. The van der Waals surface area contributed by atoms with Crippen LogP contribution in [0.4, 0.5) is 18.9 Å². The van der Waals surface area contributed by atoms with Gasteiger partial charge in [-0.3, -0.25) is 5.01 Å². The Morgan fingerprint density at radius 1 is 0.912 bits per heavy atom. The quantitative estimate of drug-likeness (QED) is 0.364. The van der Waals surface area contributed by atoms with E-state index >= 15 is 0 Å². The van der Waals surface area contributed by atoms with E-state index in [2.05, 4.69) is 5.10 Å². The van der Waals surface area contributed by atoms with Crippen molar-refractivity contribution < 1.29 is 22.6 Å². The Morgan fingerprint density at radius 2 is 1.53 bits per heavy atom. The molecular weight excluding hydrogens is 465 g/mol. The third kappa shape index (κ3) is 5.04. The van der Waals surface area contributed by atoms with Crippen LogP contribution < -0.4 is 14.5 Å². The molecule has 0 amide bonds. The Kier molecular flexibility index (Phi) is 6.84. The molecule has 1 heterocycles. The Labute approximate surface area is 200 Å². The topological polar surface area (TPSA) is 34.1 Å². The SMILES string of the molecule is COc1ccc(/C=C\C2=NN(c3c(Cl)cccc3C(F)(F)F)[C@@H](c3ccc(OC)cc3)C2)cc1. The maximum Gasteiger partial charge on any atom is 0.418 e. The van der Waals surface area contributed by atoms with E-state index in [4.69, 9.17) is 21.1 Å². The molecule has 8 heteroatoms. The maximum atomic E-state index is 13.9. The number of halogens is 4. The number of allylic oxidation sites excluding steroid dienone is 1. The predicted molar refractivity (Wildman–Crippen MR) is 129 cm³/mol. The fourth-order valence-corrected chi connectivity index (χ4v) is 4.07. The number of anilines is 1. The minimum Gasteiger partial charge on any atom is -0.497 e. The summed E-state index contributed by atoms with van der Waals surface area (Å²) in [6.07, 6.45) is -0.504. The van der Waals surface area contributed by atoms with Crippen LogP contribution in [0.5, 0.6) is 11.5 Å². The first kappa shape index (κ1) is 23.7. The molecule has 34 heavy (non-hydrogen) atoms. The Morgan fingerprint density at radius 3 is 2.12 bits per heavy atom. The lowest BCUT2D eigenvalue weighted by Crippen LogP contribution is -2.22. The van der Waals surface area contributed by atoms with Gasteiger partial charge in [-0.2, -0.15) is 18.3 Å². The number of ether oxygens (including phenoxy) is 2. The largest absolute Gasteiger partial charge is 0.497 e. The van der Waals surface area contributed by atoms with Gasteiger partial charge in [0.25, 0.3) is 0 Å². The van der Waals surface area contributed by atoms with Crippen molar-refractivity contribution in [1.82, 2.24) is 0 Å². The zero-order chi connectivity index (χ0) is 24.3. The Balaban J connectivity index is 1.74. The molecule has 0 radical (unpaired) electrons. The van der Waals surface area contributed by atoms with Crippen molar-refractivity contribution in [3.8, 4) is 11.5 Å². The fourth-order valence-electron chi connectivity index (χ4n) is 3.81. The highest BCUT2D eigenvalue weighted by molar-refractivity contribution is 6.33. The van der Waals surface area contributed by atoms with Crippen LogP contribution in [0.2, 0.25) is 5.02 Å². The molecule has 0 aliphatic carbocycles. The van der Waals surface area contributed by atoms with E-state index < -0.39 is 17.8 Å². The van der Waals surface area contributed by atoms with Crippen LogP contribution in [-0.2, 0) is 6.18 Å². The standard InChI is InChI=1S/C26H22ClF3N2O2/c1-33-20-12-7-17(8-13-20)6-11-19-16-24(18-9-14-21(34-2)15-10-18)32(31-19)25-22(26(28,29)30)4-3-5-23(25)27/h3-15,24H,16H2,1-2H3/b11-6-/t24-/m1/s1. The van der Waals surface area contributed by atoms with Crippen LogP contribution in [0.1, 0.15) is 29.2 Å². The smallest absolute Gasteiger partial charge is 0.418 e. The summed E-state index contributed by atoms with van der Waals surface area (Å²) >= 11 is 6.30. The summed E-state index contributed by atoms with van der Waals surface area (Å²) in [5.74, 6) is 1.39. The molecule has 0 N–H and O–H groups in total. The summed E-state index contributed by atoms with van der Waals surface area (Å²) in [6.45, 7) is 0. The molecule has 3 aromatic carbocycles. The van der Waals surface area contributed by atoms with Crippen molar-refractivity contribution in [2.75, 3.05) is 19.2 Å². The Hall–Kier alpha value is -3.45. The molecule has 0 saturated carbocycles. The molecule has 0 unspecified atom stereocenters. The molecule has 4 rings (SSSR count). The van der Waals surface area contributed by atoms with Gasteiger partial charge in [0.15, 0.2) is 0 Å². The maximum absolute atomic E-state index is 13.9. The summed E-state index contributed by atoms with van der Waals surface area (Å²) in [4.78, 5) is 0. The molecule has 0 aromatic heterocycles. The summed E-state index contributed by atoms with van der Waals surface area (Å²) in [6, 6.07) is 17.9. The van der Waals surface area contributed by atoms with Gasteiger partial charge in [0.2, 0.25) is 0 Å². The summed E-state index contributed by atoms with van der Waals surface area (Å²) in [5.41, 5.74) is 1.35. The molecule has 4 nitrogen and oxygen atoms in total. The molecule has 0 bridgehead atoms. The molecule has 3 aromatic rings. The molecule has 0 fully saturated rings. The lowest BCUT2D eigenvalue weighted by atomic mass is 10.00. The van der Waals surface area contributed by atoms with E-state index in [1.165, 1.54) is 17.1 Å². The first-order valence-corrected chi connectivity index (χ1v) is 10.9. The van der Waals surface area contributed by atoms with Gasteiger partial charge in [-0.25, -0.2) is 0 Å². The number of nitrogens with zero attached hydrogens (tertiary/aromatic N) is 2. The van der Waals surface area contributed by atoms with Gasteiger partial charge in [0.05, 0.1) is 42.2 Å². The van der Waals surface area contributed by atoms with Crippen molar-refractivity contribution >= 4 is 29.1 Å². The summed E-state index contributed by atoms with van der Waals surface area (Å²) < 4.78 is 52.0. The van der Waals surface area contributed by atoms with Gasteiger partial charge in [-0.05, 0) is 53.6 Å². The van der Waals surface area contributed by atoms with E-state index in [0.717, 1.165) is 22.9 Å². The van der Waals surface area contributed by atoms with Gasteiger partial charge >= 0.3 is 6.18 Å². The predicted octanol–water partition coefficient (Wildman–Crippen LogP) is 7.40. The van der Waals surface area contributed by atoms with Crippen molar-refractivity contribution in [1.29, 1.82) is 0 Å². The van der Waals surface area contributed by atoms with Gasteiger partial charge < -0.3 is 9.47 Å². The number of hydrazone groups is 1. The first-order chi connectivity index (χ1) is 16.3. The van der Waals surface area contributed by atoms with Crippen molar-refractivity contribution in [2.24, 2.45) is 5.10 Å². The number of hydrogen-bond acceptors (Lipinski definition) is 4. The van der Waals surface area contributed by atoms with E-state index in [1.54, 1.807) is 26.4 Å². The zero-order valence-electron chi connectivity index (χ0n) is 18.5. The second kappa shape index (κ2) is 9.81. The van der Waals surface area contributed by atoms with Crippen LogP contribution in [0.3, 0.4) is 0 Å². The lowest BCUT2D eigenvalue weighted by Gasteiger charge is -2.27. The van der Waals surface area contributed by atoms with E-state index in [1.807, 2.05) is 48.6 Å². The van der Waals surface area contributed by atoms with Gasteiger partial charge in [-0.1, -0.05) is 48.0 Å².